The zero-order valence-corrected chi connectivity index (χ0v) is 15.2. The number of aromatic nitrogens is 2. The van der Waals surface area contributed by atoms with Gasteiger partial charge in [0.15, 0.2) is 5.82 Å². The summed E-state index contributed by atoms with van der Waals surface area (Å²) in [5.41, 5.74) is -3.31. The standard InChI is InChI=1S/C17H27F3N4O2/c1-23(13-6-4-3-5-7-13)10-8-21-14(25)12-16(26,17(18,19)20)15-22-9-11-24(15)2/h9,11,13,26H,3-8,10,12H2,1-2H3,(H,21,25). The molecule has 0 spiro atoms. The van der Waals surface area contributed by atoms with Crippen LogP contribution in [0.5, 0.6) is 0 Å². The molecule has 6 nitrogen and oxygen atoms in total. The molecule has 2 rings (SSSR count). The quantitative estimate of drug-likeness (QED) is 0.763. The molecule has 26 heavy (non-hydrogen) atoms. The molecule has 1 aliphatic rings. The summed E-state index contributed by atoms with van der Waals surface area (Å²) >= 11 is 0. The van der Waals surface area contributed by atoms with Crippen LogP contribution < -0.4 is 5.32 Å². The number of aryl methyl sites for hydroxylation is 1. The maximum absolute atomic E-state index is 13.4. The highest BCUT2D eigenvalue weighted by Gasteiger charge is 2.58. The average Bonchev–Trinajstić information content (AvgIpc) is 3.01. The number of carbonyl (C=O) groups is 1. The Kier molecular flexibility index (Phi) is 6.68. The molecule has 0 saturated heterocycles. The van der Waals surface area contributed by atoms with E-state index in [0.29, 0.717) is 12.6 Å². The first kappa shape index (κ1) is 20.7. The number of aliphatic hydroxyl groups is 1. The fourth-order valence-corrected chi connectivity index (χ4v) is 3.44. The van der Waals surface area contributed by atoms with Crippen LogP contribution >= 0.6 is 0 Å². The highest BCUT2D eigenvalue weighted by atomic mass is 19.4. The molecule has 1 aromatic rings. The van der Waals surface area contributed by atoms with Crippen LogP contribution in [0.25, 0.3) is 0 Å². The lowest BCUT2D eigenvalue weighted by molar-refractivity contribution is -0.271. The van der Waals surface area contributed by atoms with Gasteiger partial charge in [0.25, 0.3) is 0 Å². The van der Waals surface area contributed by atoms with Crippen molar-refractivity contribution in [3.8, 4) is 0 Å². The summed E-state index contributed by atoms with van der Waals surface area (Å²) in [4.78, 5) is 17.8. The van der Waals surface area contributed by atoms with Crippen molar-refractivity contribution in [3.63, 3.8) is 0 Å². The molecule has 1 atom stereocenters. The molecule has 1 aromatic heterocycles. The minimum absolute atomic E-state index is 0.236. The topological polar surface area (TPSA) is 70.4 Å². The number of rotatable bonds is 7. The first-order chi connectivity index (χ1) is 12.1. The Morgan fingerprint density at radius 3 is 2.58 bits per heavy atom. The van der Waals surface area contributed by atoms with Crippen LogP contribution in [-0.4, -0.2) is 57.8 Å². The molecule has 2 N–H and O–H groups in total. The number of hydrogen-bond donors (Lipinski definition) is 2. The van der Waals surface area contributed by atoms with Crippen molar-refractivity contribution in [1.82, 2.24) is 19.8 Å². The van der Waals surface area contributed by atoms with E-state index in [0.717, 1.165) is 23.6 Å². The van der Waals surface area contributed by atoms with Crippen molar-refractivity contribution in [1.29, 1.82) is 0 Å². The van der Waals surface area contributed by atoms with E-state index in [2.05, 4.69) is 15.2 Å². The number of nitrogens with zero attached hydrogens (tertiary/aromatic N) is 3. The third-order valence-electron chi connectivity index (χ3n) is 5.06. The van der Waals surface area contributed by atoms with Gasteiger partial charge in [-0.15, -0.1) is 0 Å². The van der Waals surface area contributed by atoms with Crippen LogP contribution in [0.2, 0.25) is 0 Å². The summed E-state index contributed by atoms with van der Waals surface area (Å²) in [5.74, 6) is -1.45. The van der Waals surface area contributed by atoms with Gasteiger partial charge in [0.05, 0.1) is 6.42 Å². The SMILES string of the molecule is CN(CCNC(=O)CC(O)(c1nccn1C)C(F)(F)F)C1CCCCC1. The van der Waals surface area contributed by atoms with E-state index < -0.39 is 29.9 Å². The van der Waals surface area contributed by atoms with Gasteiger partial charge >= 0.3 is 6.18 Å². The smallest absolute Gasteiger partial charge is 0.374 e. The number of halogens is 3. The predicted octanol–water partition coefficient (Wildman–Crippen LogP) is 1.94. The fourth-order valence-electron chi connectivity index (χ4n) is 3.44. The van der Waals surface area contributed by atoms with Gasteiger partial charge in [-0.2, -0.15) is 13.2 Å². The summed E-state index contributed by atoms with van der Waals surface area (Å²) < 4.78 is 41.3. The minimum Gasteiger partial charge on any atom is -0.374 e. The Balaban J connectivity index is 1.91. The van der Waals surface area contributed by atoms with Crippen molar-refractivity contribution < 1.29 is 23.1 Å². The molecule has 1 unspecified atom stereocenters. The van der Waals surface area contributed by atoms with Crippen LogP contribution in [0, 0.1) is 0 Å². The molecular formula is C17H27F3N4O2. The van der Waals surface area contributed by atoms with Crippen molar-refractivity contribution in [2.24, 2.45) is 7.05 Å². The minimum atomic E-state index is -5.01. The molecule has 1 amide bonds. The molecule has 9 heteroatoms. The van der Waals surface area contributed by atoms with Crippen molar-refractivity contribution in [3.05, 3.63) is 18.2 Å². The van der Waals surface area contributed by atoms with Gasteiger partial charge in [-0.05, 0) is 19.9 Å². The predicted molar refractivity (Wildman–Crippen MR) is 90.3 cm³/mol. The van der Waals surface area contributed by atoms with Gasteiger partial charge in [-0.25, -0.2) is 4.98 Å². The van der Waals surface area contributed by atoms with Crippen LogP contribution in [0.3, 0.4) is 0 Å². The van der Waals surface area contributed by atoms with Gasteiger partial charge in [-0.3, -0.25) is 4.79 Å². The third kappa shape index (κ3) is 4.76. The van der Waals surface area contributed by atoms with Crippen molar-refractivity contribution in [2.75, 3.05) is 20.1 Å². The van der Waals surface area contributed by atoms with Gasteiger partial charge < -0.3 is 19.9 Å². The summed E-state index contributed by atoms with van der Waals surface area (Å²) in [6, 6.07) is 0.459. The number of nitrogens with one attached hydrogen (secondary N) is 1. The molecule has 0 bridgehead atoms. The highest BCUT2D eigenvalue weighted by Crippen LogP contribution is 2.40. The molecule has 0 radical (unpaired) electrons. The zero-order chi connectivity index (χ0) is 19.4. The van der Waals surface area contributed by atoms with Crippen LogP contribution in [0.4, 0.5) is 13.2 Å². The van der Waals surface area contributed by atoms with Gasteiger partial charge in [0.1, 0.15) is 0 Å². The lowest BCUT2D eigenvalue weighted by Gasteiger charge is -2.31. The summed E-state index contributed by atoms with van der Waals surface area (Å²) in [5, 5.41) is 12.7. The number of amides is 1. The number of carbonyl (C=O) groups excluding carboxylic acids is 1. The van der Waals surface area contributed by atoms with Crippen molar-refractivity contribution in [2.45, 2.75) is 56.3 Å². The number of imidazole rings is 1. The molecule has 148 valence electrons. The number of alkyl halides is 3. The molecule has 1 heterocycles. The second kappa shape index (κ2) is 8.39. The van der Waals surface area contributed by atoms with E-state index in [9.17, 15) is 23.1 Å². The largest absolute Gasteiger partial charge is 0.425 e. The van der Waals surface area contributed by atoms with E-state index in [-0.39, 0.29) is 6.54 Å². The van der Waals surface area contributed by atoms with E-state index in [1.54, 1.807) is 0 Å². The van der Waals surface area contributed by atoms with E-state index >= 15 is 0 Å². The molecule has 1 saturated carbocycles. The Hall–Kier alpha value is -1.61. The summed E-state index contributed by atoms with van der Waals surface area (Å²) in [6.07, 6.45) is 2.15. The van der Waals surface area contributed by atoms with Gasteiger partial charge in [-0.1, -0.05) is 19.3 Å². The van der Waals surface area contributed by atoms with E-state index in [4.69, 9.17) is 0 Å². The lowest BCUT2D eigenvalue weighted by Crippen LogP contribution is -2.48. The van der Waals surface area contributed by atoms with E-state index in [1.165, 1.54) is 32.5 Å². The monoisotopic (exact) mass is 376 g/mol. The molecule has 1 aliphatic carbocycles. The van der Waals surface area contributed by atoms with Crippen LogP contribution in [-0.2, 0) is 17.4 Å². The Morgan fingerprint density at radius 1 is 1.38 bits per heavy atom. The molecule has 0 aliphatic heterocycles. The summed E-state index contributed by atoms with van der Waals surface area (Å²) in [6.45, 7) is 0.795. The van der Waals surface area contributed by atoms with Crippen LogP contribution in [0.1, 0.15) is 44.3 Å². The fraction of sp³-hybridized carbons (Fsp3) is 0.765. The van der Waals surface area contributed by atoms with E-state index in [1.807, 2.05) is 7.05 Å². The maximum atomic E-state index is 13.4. The Bertz CT molecular complexity index is 599. The maximum Gasteiger partial charge on any atom is 0.425 e. The Labute approximate surface area is 151 Å². The Morgan fingerprint density at radius 2 is 2.04 bits per heavy atom. The first-order valence-corrected chi connectivity index (χ1v) is 8.89. The molecular weight excluding hydrogens is 349 g/mol. The van der Waals surface area contributed by atoms with Crippen molar-refractivity contribution >= 4 is 5.91 Å². The second-order valence-electron chi connectivity index (χ2n) is 7.02. The van der Waals surface area contributed by atoms with Gasteiger partial charge in [0.2, 0.25) is 11.5 Å². The van der Waals surface area contributed by atoms with Gasteiger partial charge in [0, 0.05) is 38.6 Å². The highest BCUT2D eigenvalue weighted by molar-refractivity contribution is 5.77. The molecule has 0 aromatic carbocycles. The molecule has 1 fully saturated rings. The number of likely N-dealkylation sites (N-methyl/N-ethyl adjacent to an activating group) is 1. The average molecular weight is 376 g/mol. The first-order valence-electron chi connectivity index (χ1n) is 8.89. The second-order valence-corrected chi connectivity index (χ2v) is 7.02. The third-order valence-corrected chi connectivity index (χ3v) is 5.06. The zero-order valence-electron chi connectivity index (χ0n) is 15.2. The van der Waals surface area contributed by atoms with Crippen LogP contribution in [0.15, 0.2) is 12.4 Å². The normalized spacial score (nSPS) is 18.7. The summed E-state index contributed by atoms with van der Waals surface area (Å²) in [7, 11) is 3.30. The lowest BCUT2D eigenvalue weighted by atomic mass is 9.94. The number of hydrogen-bond acceptors (Lipinski definition) is 4.